The number of urea groups is 1. The molecule has 1 saturated heterocycles. The molecular formula is C14H17ClN2O3S. The van der Waals surface area contributed by atoms with Crippen LogP contribution in [0.1, 0.15) is 5.56 Å². The molecule has 0 bridgehead atoms. The van der Waals surface area contributed by atoms with Gasteiger partial charge in [-0.3, -0.25) is 0 Å². The first-order chi connectivity index (χ1) is 10.1. The highest BCUT2D eigenvalue weighted by atomic mass is 35.5. The molecule has 7 heteroatoms. The first kappa shape index (κ1) is 16.0. The molecule has 0 aromatic heterocycles. The molecule has 114 valence electrons. The number of thioether (sulfide) groups is 1. The molecule has 1 atom stereocenters. The number of aliphatic carboxylic acids is 1. The molecule has 5 nitrogen and oxygen atoms in total. The first-order valence-electron chi connectivity index (χ1n) is 6.67. The number of rotatable bonds is 4. The van der Waals surface area contributed by atoms with Crippen LogP contribution in [0.4, 0.5) is 4.79 Å². The number of nitrogens with zero attached hydrogens (tertiary/aromatic N) is 1. The maximum absolute atomic E-state index is 12.1. The van der Waals surface area contributed by atoms with Crippen molar-refractivity contribution in [3.05, 3.63) is 34.9 Å². The summed E-state index contributed by atoms with van der Waals surface area (Å²) >= 11 is 7.37. The van der Waals surface area contributed by atoms with Crippen molar-refractivity contribution in [2.75, 3.05) is 24.6 Å². The van der Waals surface area contributed by atoms with Crippen molar-refractivity contribution in [1.29, 1.82) is 0 Å². The van der Waals surface area contributed by atoms with Crippen molar-refractivity contribution >= 4 is 35.4 Å². The summed E-state index contributed by atoms with van der Waals surface area (Å²) in [4.78, 5) is 24.6. The lowest BCUT2D eigenvalue weighted by atomic mass is 10.1. The second kappa shape index (κ2) is 7.56. The van der Waals surface area contributed by atoms with Crippen molar-refractivity contribution in [1.82, 2.24) is 10.2 Å². The molecule has 1 aromatic carbocycles. The van der Waals surface area contributed by atoms with Gasteiger partial charge in [0.15, 0.2) is 0 Å². The number of carbonyl (C=O) groups is 2. The summed E-state index contributed by atoms with van der Waals surface area (Å²) in [6.45, 7) is 0.935. The minimum Gasteiger partial charge on any atom is -0.480 e. The monoisotopic (exact) mass is 328 g/mol. The third-order valence-electron chi connectivity index (χ3n) is 3.28. The van der Waals surface area contributed by atoms with E-state index in [1.165, 1.54) is 4.90 Å². The van der Waals surface area contributed by atoms with Gasteiger partial charge in [0, 0.05) is 29.6 Å². The predicted molar refractivity (Wildman–Crippen MR) is 84.0 cm³/mol. The number of halogens is 1. The Balaban J connectivity index is 1.83. The maximum Gasteiger partial charge on any atom is 0.327 e. The quantitative estimate of drug-likeness (QED) is 0.888. The molecule has 2 N–H and O–H groups in total. The van der Waals surface area contributed by atoms with E-state index < -0.39 is 12.0 Å². The smallest absolute Gasteiger partial charge is 0.327 e. The SMILES string of the molecule is O=C(O)C1CSCCN1C(=O)NCCc1ccc(Cl)cc1. The van der Waals surface area contributed by atoms with Crippen LogP contribution in [0.2, 0.25) is 5.02 Å². The highest BCUT2D eigenvalue weighted by Gasteiger charge is 2.32. The highest BCUT2D eigenvalue weighted by Crippen LogP contribution is 2.16. The summed E-state index contributed by atoms with van der Waals surface area (Å²) in [5.41, 5.74) is 1.07. The molecule has 1 fully saturated rings. The summed E-state index contributed by atoms with van der Waals surface area (Å²) in [5.74, 6) is 0.268. The molecule has 1 heterocycles. The summed E-state index contributed by atoms with van der Waals surface area (Å²) in [5, 5.41) is 12.6. The molecule has 0 saturated carbocycles. The number of carboxylic acid groups (broad SMARTS) is 1. The van der Waals surface area contributed by atoms with Gasteiger partial charge in [0.25, 0.3) is 0 Å². The van der Waals surface area contributed by atoms with Crippen LogP contribution in [0.3, 0.4) is 0 Å². The average Bonchev–Trinajstić information content (AvgIpc) is 2.49. The Hall–Kier alpha value is -1.40. The maximum atomic E-state index is 12.1. The van der Waals surface area contributed by atoms with E-state index in [0.29, 0.717) is 30.3 Å². The molecule has 2 rings (SSSR count). The van der Waals surface area contributed by atoms with Crippen molar-refractivity contribution in [3.63, 3.8) is 0 Å². The van der Waals surface area contributed by atoms with Crippen LogP contribution in [0.25, 0.3) is 0 Å². The number of carbonyl (C=O) groups excluding carboxylic acids is 1. The second-order valence-electron chi connectivity index (χ2n) is 4.73. The van der Waals surface area contributed by atoms with Crippen molar-refractivity contribution in [2.24, 2.45) is 0 Å². The lowest BCUT2D eigenvalue weighted by molar-refractivity contribution is -0.141. The third-order valence-corrected chi connectivity index (χ3v) is 4.55. The molecule has 0 aliphatic carbocycles. The van der Waals surface area contributed by atoms with Crippen LogP contribution >= 0.6 is 23.4 Å². The van der Waals surface area contributed by atoms with Crippen LogP contribution in [-0.4, -0.2) is 52.6 Å². The van der Waals surface area contributed by atoms with E-state index in [-0.39, 0.29) is 6.03 Å². The molecule has 0 radical (unpaired) electrons. The van der Waals surface area contributed by atoms with E-state index in [1.54, 1.807) is 23.9 Å². The zero-order chi connectivity index (χ0) is 15.2. The van der Waals surface area contributed by atoms with Gasteiger partial charge in [-0.2, -0.15) is 11.8 Å². The molecule has 1 aliphatic heterocycles. The minimum absolute atomic E-state index is 0.309. The number of hydrogen-bond acceptors (Lipinski definition) is 3. The van der Waals surface area contributed by atoms with E-state index in [9.17, 15) is 9.59 Å². The largest absolute Gasteiger partial charge is 0.480 e. The zero-order valence-electron chi connectivity index (χ0n) is 11.4. The van der Waals surface area contributed by atoms with E-state index in [4.69, 9.17) is 16.7 Å². The van der Waals surface area contributed by atoms with Gasteiger partial charge >= 0.3 is 12.0 Å². The standard InChI is InChI=1S/C14H17ClN2O3S/c15-11-3-1-10(2-4-11)5-6-16-14(20)17-7-8-21-9-12(17)13(18)19/h1-4,12H,5-9H2,(H,16,20)(H,18,19). The van der Waals surface area contributed by atoms with E-state index in [0.717, 1.165) is 11.3 Å². The Morgan fingerprint density at radius 3 is 2.76 bits per heavy atom. The van der Waals surface area contributed by atoms with Crippen molar-refractivity contribution in [2.45, 2.75) is 12.5 Å². The van der Waals surface area contributed by atoms with Gasteiger partial charge in [0.2, 0.25) is 0 Å². The topological polar surface area (TPSA) is 69.6 Å². The van der Waals surface area contributed by atoms with Gasteiger partial charge in [0.05, 0.1) is 0 Å². The number of amides is 2. The lowest BCUT2D eigenvalue weighted by Crippen LogP contribution is -2.54. The van der Waals surface area contributed by atoms with Crippen LogP contribution in [0, 0.1) is 0 Å². The lowest BCUT2D eigenvalue weighted by Gasteiger charge is -2.32. The van der Waals surface area contributed by atoms with Crippen LogP contribution < -0.4 is 5.32 Å². The van der Waals surface area contributed by atoms with Gasteiger partial charge in [-0.25, -0.2) is 9.59 Å². The Labute approximate surface area is 132 Å². The molecule has 21 heavy (non-hydrogen) atoms. The van der Waals surface area contributed by atoms with Crippen LogP contribution in [0.15, 0.2) is 24.3 Å². The fraction of sp³-hybridized carbons (Fsp3) is 0.429. The Morgan fingerprint density at radius 1 is 1.38 bits per heavy atom. The van der Waals surface area contributed by atoms with E-state index in [1.807, 2.05) is 12.1 Å². The van der Waals surface area contributed by atoms with Crippen molar-refractivity contribution < 1.29 is 14.7 Å². The molecular weight excluding hydrogens is 312 g/mol. The number of hydrogen-bond donors (Lipinski definition) is 2. The van der Waals surface area contributed by atoms with Gasteiger partial charge in [0.1, 0.15) is 6.04 Å². The molecule has 1 unspecified atom stereocenters. The van der Waals surface area contributed by atoms with Crippen molar-refractivity contribution in [3.8, 4) is 0 Å². The van der Waals surface area contributed by atoms with E-state index >= 15 is 0 Å². The fourth-order valence-corrected chi connectivity index (χ4v) is 3.28. The normalized spacial score (nSPS) is 18.3. The zero-order valence-corrected chi connectivity index (χ0v) is 13.0. The Morgan fingerprint density at radius 2 is 2.10 bits per heavy atom. The predicted octanol–water partition coefficient (Wildman–Crippen LogP) is 2.09. The number of nitrogens with one attached hydrogen (secondary N) is 1. The van der Waals surface area contributed by atoms with Crippen LogP contribution in [-0.2, 0) is 11.2 Å². The van der Waals surface area contributed by atoms with Gasteiger partial charge < -0.3 is 15.3 Å². The summed E-state index contributed by atoms with van der Waals surface area (Å²) in [6.07, 6.45) is 0.684. The third kappa shape index (κ3) is 4.54. The summed E-state index contributed by atoms with van der Waals surface area (Å²) < 4.78 is 0. The average molecular weight is 329 g/mol. The Bertz CT molecular complexity index is 509. The highest BCUT2D eigenvalue weighted by molar-refractivity contribution is 7.99. The molecule has 0 spiro atoms. The summed E-state index contributed by atoms with van der Waals surface area (Å²) in [6, 6.07) is 6.39. The summed E-state index contributed by atoms with van der Waals surface area (Å²) in [7, 11) is 0. The van der Waals surface area contributed by atoms with Gasteiger partial charge in [-0.05, 0) is 24.1 Å². The minimum atomic E-state index is -0.949. The Kier molecular flexibility index (Phi) is 5.76. The van der Waals surface area contributed by atoms with Gasteiger partial charge in [-0.15, -0.1) is 0 Å². The van der Waals surface area contributed by atoms with E-state index in [2.05, 4.69) is 5.32 Å². The van der Waals surface area contributed by atoms with Gasteiger partial charge in [-0.1, -0.05) is 23.7 Å². The number of carboxylic acids is 1. The second-order valence-corrected chi connectivity index (χ2v) is 6.32. The fourth-order valence-electron chi connectivity index (χ4n) is 2.12. The molecule has 1 aliphatic rings. The molecule has 1 aromatic rings. The van der Waals surface area contributed by atoms with Crippen LogP contribution in [0.5, 0.6) is 0 Å². The first-order valence-corrected chi connectivity index (χ1v) is 8.20. The number of benzene rings is 1. The molecule has 2 amide bonds.